The number of halogens is 1. The zero-order valence-electron chi connectivity index (χ0n) is 15.1. The second kappa shape index (κ2) is 13.5. The molecule has 0 aliphatic rings. The lowest BCUT2D eigenvalue weighted by Gasteiger charge is -2.14. The van der Waals surface area contributed by atoms with E-state index in [9.17, 15) is 4.79 Å². The average molecular weight is 466 g/mol. The van der Waals surface area contributed by atoms with E-state index in [0.29, 0.717) is 19.0 Å². The molecule has 1 atom stereocenters. The fourth-order valence-electron chi connectivity index (χ4n) is 2.00. The van der Waals surface area contributed by atoms with Gasteiger partial charge in [-0.05, 0) is 30.7 Å². The van der Waals surface area contributed by atoms with E-state index >= 15 is 0 Å². The number of guanidine groups is 1. The summed E-state index contributed by atoms with van der Waals surface area (Å²) in [7, 11) is 0. The molecular weight excluding hydrogens is 435 g/mol. The highest BCUT2D eigenvalue weighted by Crippen LogP contribution is 2.14. The van der Waals surface area contributed by atoms with Crippen LogP contribution >= 0.6 is 35.3 Å². The van der Waals surface area contributed by atoms with Crippen molar-refractivity contribution in [1.29, 1.82) is 0 Å². The summed E-state index contributed by atoms with van der Waals surface area (Å²) in [5, 5.41) is 11.5. The van der Waals surface area contributed by atoms with Crippen LogP contribution < -0.4 is 16.0 Å². The minimum Gasteiger partial charge on any atom is -0.357 e. The van der Waals surface area contributed by atoms with Gasteiger partial charge in [0.25, 0.3) is 0 Å². The molecule has 0 saturated heterocycles. The normalized spacial score (nSPS) is 12.5. The second-order valence-corrected chi connectivity index (χ2v) is 7.01. The Balaban J connectivity index is 0.00000529. The third-order valence-corrected chi connectivity index (χ3v) is 4.17. The van der Waals surface area contributed by atoms with E-state index in [4.69, 9.17) is 0 Å². The molecule has 0 fully saturated rings. The molecule has 0 aromatic carbocycles. The predicted molar refractivity (Wildman–Crippen MR) is 114 cm³/mol. The SMILES string of the molecule is CCNC(=NCC(C)Cc1cccs1)NCCNC(=O)C(C)C.I. The summed E-state index contributed by atoms with van der Waals surface area (Å²) < 4.78 is 0. The van der Waals surface area contributed by atoms with Crippen molar-refractivity contribution in [2.24, 2.45) is 16.8 Å². The smallest absolute Gasteiger partial charge is 0.222 e. The lowest BCUT2D eigenvalue weighted by molar-refractivity contribution is -0.123. The summed E-state index contributed by atoms with van der Waals surface area (Å²) in [5.74, 6) is 1.42. The second-order valence-electron chi connectivity index (χ2n) is 5.98. The van der Waals surface area contributed by atoms with E-state index in [1.54, 1.807) is 11.3 Å². The van der Waals surface area contributed by atoms with Crippen LogP contribution in [0.15, 0.2) is 22.5 Å². The maximum atomic E-state index is 11.5. The third-order valence-electron chi connectivity index (χ3n) is 3.28. The van der Waals surface area contributed by atoms with E-state index in [0.717, 1.165) is 25.5 Å². The standard InChI is InChI=1S/C17H30N4OS.HI/c1-5-18-17(20-9-8-19-16(22)13(2)3)21-12-14(4)11-15-7-6-10-23-15;/h6-7,10,13-14H,5,8-9,11-12H2,1-4H3,(H,19,22)(H2,18,20,21);1H. The number of carbonyl (C=O) groups excluding carboxylic acids is 1. The summed E-state index contributed by atoms with van der Waals surface area (Å²) in [6, 6.07) is 4.26. The Morgan fingerprint density at radius 1 is 1.21 bits per heavy atom. The van der Waals surface area contributed by atoms with Crippen LogP contribution in [0.1, 0.15) is 32.6 Å². The van der Waals surface area contributed by atoms with Gasteiger partial charge in [-0.2, -0.15) is 0 Å². The predicted octanol–water partition coefficient (Wildman–Crippen LogP) is 2.87. The van der Waals surface area contributed by atoms with Gasteiger partial charge in [-0.3, -0.25) is 9.79 Å². The molecular formula is C17H31IN4OS. The van der Waals surface area contributed by atoms with E-state index in [1.165, 1.54) is 4.88 Å². The molecule has 1 aromatic rings. The van der Waals surface area contributed by atoms with Gasteiger partial charge in [0.2, 0.25) is 5.91 Å². The van der Waals surface area contributed by atoms with E-state index in [2.05, 4.69) is 45.4 Å². The molecule has 1 aromatic heterocycles. The molecule has 7 heteroatoms. The van der Waals surface area contributed by atoms with Gasteiger partial charge >= 0.3 is 0 Å². The molecule has 1 heterocycles. The average Bonchev–Trinajstić information content (AvgIpc) is 3.01. The first-order chi connectivity index (χ1) is 11.0. The number of nitrogens with zero attached hydrogens (tertiary/aromatic N) is 1. The molecule has 3 N–H and O–H groups in total. The Kier molecular flexibility index (Phi) is 13.0. The maximum Gasteiger partial charge on any atom is 0.222 e. The molecule has 0 radical (unpaired) electrons. The van der Waals surface area contributed by atoms with E-state index in [-0.39, 0.29) is 35.8 Å². The zero-order chi connectivity index (χ0) is 17.1. The van der Waals surface area contributed by atoms with Crippen molar-refractivity contribution in [3.63, 3.8) is 0 Å². The topological polar surface area (TPSA) is 65.5 Å². The van der Waals surface area contributed by atoms with Crippen molar-refractivity contribution < 1.29 is 4.79 Å². The van der Waals surface area contributed by atoms with Gasteiger partial charge in [0.15, 0.2) is 5.96 Å². The minimum absolute atomic E-state index is 0. The van der Waals surface area contributed by atoms with Crippen molar-refractivity contribution >= 4 is 47.2 Å². The van der Waals surface area contributed by atoms with Crippen LogP contribution in [0.2, 0.25) is 0 Å². The summed E-state index contributed by atoms with van der Waals surface area (Å²) in [6.45, 7) is 10.9. The molecule has 0 saturated carbocycles. The van der Waals surface area contributed by atoms with Gasteiger partial charge in [-0.1, -0.05) is 26.8 Å². The molecule has 0 aliphatic carbocycles. The largest absolute Gasteiger partial charge is 0.357 e. The molecule has 0 bridgehead atoms. The van der Waals surface area contributed by atoms with Crippen LogP contribution in [0.25, 0.3) is 0 Å². The Morgan fingerprint density at radius 2 is 1.92 bits per heavy atom. The summed E-state index contributed by atoms with van der Waals surface area (Å²) in [4.78, 5) is 17.5. The quantitative estimate of drug-likeness (QED) is 0.227. The zero-order valence-corrected chi connectivity index (χ0v) is 18.2. The van der Waals surface area contributed by atoms with Crippen LogP contribution in [0.3, 0.4) is 0 Å². The molecule has 0 aliphatic heterocycles. The number of nitrogens with one attached hydrogen (secondary N) is 3. The van der Waals surface area contributed by atoms with Gasteiger partial charge in [-0.15, -0.1) is 35.3 Å². The van der Waals surface area contributed by atoms with Gasteiger partial charge < -0.3 is 16.0 Å². The number of rotatable bonds is 9. The molecule has 24 heavy (non-hydrogen) atoms. The van der Waals surface area contributed by atoms with Gasteiger partial charge in [0, 0.05) is 37.0 Å². The van der Waals surface area contributed by atoms with Crippen molar-refractivity contribution in [3.05, 3.63) is 22.4 Å². The molecule has 1 amide bonds. The lowest BCUT2D eigenvalue weighted by Crippen LogP contribution is -2.42. The third kappa shape index (κ3) is 10.1. The Hall–Kier alpha value is -0.830. The summed E-state index contributed by atoms with van der Waals surface area (Å²) in [6.07, 6.45) is 1.06. The van der Waals surface area contributed by atoms with Gasteiger partial charge in [0.05, 0.1) is 0 Å². The minimum atomic E-state index is 0. The fourth-order valence-corrected chi connectivity index (χ4v) is 2.87. The van der Waals surface area contributed by atoms with E-state index in [1.807, 2.05) is 20.8 Å². The van der Waals surface area contributed by atoms with Crippen LogP contribution in [-0.2, 0) is 11.2 Å². The number of thiophene rings is 1. The first-order valence-corrected chi connectivity index (χ1v) is 9.23. The summed E-state index contributed by atoms with van der Waals surface area (Å²) in [5.41, 5.74) is 0. The lowest BCUT2D eigenvalue weighted by atomic mass is 10.1. The van der Waals surface area contributed by atoms with Crippen molar-refractivity contribution in [3.8, 4) is 0 Å². The Labute approximate surface area is 167 Å². The highest BCUT2D eigenvalue weighted by atomic mass is 127. The molecule has 0 spiro atoms. The highest BCUT2D eigenvalue weighted by molar-refractivity contribution is 14.0. The van der Waals surface area contributed by atoms with Crippen LogP contribution in [-0.4, -0.2) is 38.0 Å². The van der Waals surface area contributed by atoms with Crippen LogP contribution in [0.4, 0.5) is 0 Å². The highest BCUT2D eigenvalue weighted by Gasteiger charge is 2.06. The van der Waals surface area contributed by atoms with Crippen molar-refractivity contribution in [2.75, 3.05) is 26.2 Å². The van der Waals surface area contributed by atoms with Crippen molar-refractivity contribution in [2.45, 2.75) is 34.1 Å². The van der Waals surface area contributed by atoms with Gasteiger partial charge in [0.1, 0.15) is 0 Å². The molecule has 1 rings (SSSR count). The first-order valence-electron chi connectivity index (χ1n) is 8.35. The summed E-state index contributed by atoms with van der Waals surface area (Å²) >= 11 is 1.80. The number of hydrogen-bond acceptors (Lipinski definition) is 3. The molecule has 5 nitrogen and oxygen atoms in total. The number of amides is 1. The monoisotopic (exact) mass is 466 g/mol. The number of hydrogen-bond donors (Lipinski definition) is 3. The van der Waals surface area contributed by atoms with Crippen LogP contribution in [0.5, 0.6) is 0 Å². The Bertz CT molecular complexity index is 477. The number of carbonyl (C=O) groups is 1. The van der Waals surface area contributed by atoms with Crippen LogP contribution in [0, 0.1) is 11.8 Å². The molecule has 1 unspecified atom stereocenters. The first kappa shape index (κ1) is 23.2. The van der Waals surface area contributed by atoms with E-state index < -0.39 is 0 Å². The Morgan fingerprint density at radius 3 is 2.50 bits per heavy atom. The van der Waals surface area contributed by atoms with Crippen molar-refractivity contribution in [1.82, 2.24) is 16.0 Å². The fraction of sp³-hybridized carbons (Fsp3) is 0.647. The number of aliphatic imine (C=N–C) groups is 1. The van der Waals surface area contributed by atoms with Gasteiger partial charge in [-0.25, -0.2) is 0 Å². The molecule has 138 valence electrons. The maximum absolute atomic E-state index is 11.5.